The third-order valence-corrected chi connectivity index (χ3v) is 3.61. The predicted molar refractivity (Wildman–Crippen MR) is 84.0 cm³/mol. The molecule has 2 N–H and O–H groups in total. The Morgan fingerprint density at radius 2 is 1.90 bits per heavy atom. The Morgan fingerprint density at radius 1 is 1.10 bits per heavy atom. The van der Waals surface area contributed by atoms with Crippen LogP contribution in [-0.4, -0.2) is 10.2 Å². The summed E-state index contributed by atoms with van der Waals surface area (Å²) < 4.78 is 0. The zero-order valence-electron chi connectivity index (χ0n) is 11.9. The van der Waals surface area contributed by atoms with Gasteiger partial charge in [-0.1, -0.05) is 50.2 Å². The zero-order valence-corrected chi connectivity index (χ0v) is 11.9. The lowest BCUT2D eigenvalue weighted by molar-refractivity contribution is 0.865. The highest BCUT2D eigenvalue weighted by Crippen LogP contribution is 2.21. The maximum absolute atomic E-state index is 4.08. The number of para-hydroxylation sites is 1. The molecule has 0 saturated heterocycles. The molecule has 0 radical (unpaired) electrons. The van der Waals surface area contributed by atoms with E-state index in [4.69, 9.17) is 0 Å². The van der Waals surface area contributed by atoms with Crippen molar-refractivity contribution in [3.05, 3.63) is 59.8 Å². The van der Waals surface area contributed by atoms with Crippen LogP contribution in [0.5, 0.6) is 0 Å². The molecule has 3 rings (SSSR count). The minimum Gasteiger partial charge on any atom is -0.379 e. The largest absolute Gasteiger partial charge is 0.379 e. The van der Waals surface area contributed by atoms with Crippen molar-refractivity contribution in [1.82, 2.24) is 10.2 Å². The average molecular weight is 265 g/mol. The second kappa shape index (κ2) is 5.37. The zero-order chi connectivity index (χ0) is 13.9. The van der Waals surface area contributed by atoms with Crippen LogP contribution in [0.15, 0.2) is 48.7 Å². The third-order valence-electron chi connectivity index (χ3n) is 3.61. The first-order chi connectivity index (χ1) is 9.74. The Hall–Kier alpha value is -2.29. The van der Waals surface area contributed by atoms with E-state index in [0.29, 0.717) is 5.92 Å². The van der Waals surface area contributed by atoms with Gasteiger partial charge in [0.05, 0.1) is 17.4 Å². The van der Waals surface area contributed by atoms with E-state index in [1.54, 1.807) is 0 Å². The molecule has 0 spiro atoms. The SMILES string of the molecule is CC(C)c1ccc(CNc2cccc3cn[nH]c23)cc1. The van der Waals surface area contributed by atoms with E-state index in [0.717, 1.165) is 23.1 Å². The minimum atomic E-state index is 0.579. The monoisotopic (exact) mass is 265 g/mol. The topological polar surface area (TPSA) is 40.7 Å². The number of aromatic amines is 1. The maximum Gasteiger partial charge on any atom is 0.0881 e. The van der Waals surface area contributed by atoms with Crippen molar-refractivity contribution in [3.8, 4) is 0 Å². The second-order valence-electron chi connectivity index (χ2n) is 5.39. The summed E-state index contributed by atoms with van der Waals surface area (Å²) in [6.45, 7) is 5.24. The first-order valence-electron chi connectivity index (χ1n) is 6.99. The van der Waals surface area contributed by atoms with E-state index in [1.807, 2.05) is 12.3 Å². The number of rotatable bonds is 4. The lowest BCUT2D eigenvalue weighted by Gasteiger charge is -2.09. The van der Waals surface area contributed by atoms with Gasteiger partial charge in [0, 0.05) is 11.9 Å². The van der Waals surface area contributed by atoms with Crippen LogP contribution < -0.4 is 5.32 Å². The van der Waals surface area contributed by atoms with E-state index >= 15 is 0 Å². The Bertz CT molecular complexity index is 696. The summed E-state index contributed by atoms with van der Waals surface area (Å²) >= 11 is 0. The highest BCUT2D eigenvalue weighted by atomic mass is 15.1. The number of H-pyrrole nitrogens is 1. The van der Waals surface area contributed by atoms with Crippen LogP contribution >= 0.6 is 0 Å². The van der Waals surface area contributed by atoms with Crippen LogP contribution in [0, 0.1) is 0 Å². The normalized spacial score (nSPS) is 11.2. The summed E-state index contributed by atoms with van der Waals surface area (Å²) in [6, 6.07) is 15.0. The molecule has 0 fully saturated rings. The van der Waals surface area contributed by atoms with Crippen LogP contribution in [0.1, 0.15) is 30.9 Å². The molecule has 3 heteroatoms. The van der Waals surface area contributed by atoms with Gasteiger partial charge in [-0.05, 0) is 23.1 Å². The summed E-state index contributed by atoms with van der Waals surface area (Å²) in [4.78, 5) is 0. The first kappa shape index (κ1) is 12.7. The second-order valence-corrected chi connectivity index (χ2v) is 5.39. The van der Waals surface area contributed by atoms with Gasteiger partial charge in [-0.3, -0.25) is 5.10 Å². The molecular weight excluding hydrogens is 246 g/mol. The van der Waals surface area contributed by atoms with Crippen molar-refractivity contribution in [2.24, 2.45) is 0 Å². The van der Waals surface area contributed by atoms with Gasteiger partial charge >= 0.3 is 0 Å². The molecule has 0 aliphatic heterocycles. The molecule has 0 unspecified atom stereocenters. The molecule has 0 bridgehead atoms. The van der Waals surface area contributed by atoms with Gasteiger partial charge in [-0.25, -0.2) is 0 Å². The Balaban J connectivity index is 1.74. The lowest BCUT2D eigenvalue weighted by atomic mass is 10.0. The molecular formula is C17H19N3. The summed E-state index contributed by atoms with van der Waals surface area (Å²) in [5.74, 6) is 0.579. The van der Waals surface area contributed by atoms with Crippen LogP contribution in [0.25, 0.3) is 10.9 Å². The highest BCUT2D eigenvalue weighted by Gasteiger charge is 2.03. The van der Waals surface area contributed by atoms with E-state index in [1.165, 1.54) is 11.1 Å². The van der Waals surface area contributed by atoms with E-state index < -0.39 is 0 Å². The van der Waals surface area contributed by atoms with Gasteiger partial charge < -0.3 is 5.32 Å². The van der Waals surface area contributed by atoms with Crippen molar-refractivity contribution in [3.63, 3.8) is 0 Å². The van der Waals surface area contributed by atoms with E-state index in [9.17, 15) is 0 Å². The average Bonchev–Trinajstić information content (AvgIpc) is 2.94. The number of nitrogens with one attached hydrogen (secondary N) is 2. The molecule has 0 aliphatic carbocycles. The van der Waals surface area contributed by atoms with Gasteiger partial charge in [0.2, 0.25) is 0 Å². The molecule has 20 heavy (non-hydrogen) atoms. The first-order valence-corrected chi connectivity index (χ1v) is 6.99. The lowest BCUT2D eigenvalue weighted by Crippen LogP contribution is -2.00. The Kier molecular flexibility index (Phi) is 3.42. The molecule has 0 aliphatic rings. The maximum atomic E-state index is 4.08. The van der Waals surface area contributed by atoms with E-state index in [2.05, 4.69) is 65.8 Å². The number of anilines is 1. The molecule has 1 heterocycles. The van der Waals surface area contributed by atoms with Crippen molar-refractivity contribution < 1.29 is 0 Å². The number of nitrogens with zero attached hydrogens (tertiary/aromatic N) is 1. The molecule has 0 atom stereocenters. The van der Waals surface area contributed by atoms with Crippen molar-refractivity contribution in [2.75, 3.05) is 5.32 Å². The molecule has 0 amide bonds. The Morgan fingerprint density at radius 3 is 2.65 bits per heavy atom. The summed E-state index contributed by atoms with van der Waals surface area (Å²) in [5.41, 5.74) is 4.81. The number of hydrogen-bond donors (Lipinski definition) is 2. The van der Waals surface area contributed by atoms with Crippen molar-refractivity contribution in [1.29, 1.82) is 0 Å². The van der Waals surface area contributed by atoms with Gasteiger partial charge in [-0.15, -0.1) is 0 Å². The third kappa shape index (κ3) is 2.52. The van der Waals surface area contributed by atoms with Crippen LogP contribution in [-0.2, 0) is 6.54 Å². The molecule has 2 aromatic carbocycles. The summed E-state index contributed by atoms with van der Waals surface area (Å²) in [6.07, 6.45) is 1.85. The molecule has 1 aromatic heterocycles. The van der Waals surface area contributed by atoms with Crippen LogP contribution in [0.3, 0.4) is 0 Å². The van der Waals surface area contributed by atoms with Crippen LogP contribution in [0.4, 0.5) is 5.69 Å². The van der Waals surface area contributed by atoms with Crippen molar-refractivity contribution in [2.45, 2.75) is 26.3 Å². The number of aromatic nitrogens is 2. The van der Waals surface area contributed by atoms with Gasteiger partial charge in [-0.2, -0.15) is 5.10 Å². The van der Waals surface area contributed by atoms with E-state index in [-0.39, 0.29) is 0 Å². The summed E-state index contributed by atoms with van der Waals surface area (Å²) in [7, 11) is 0. The van der Waals surface area contributed by atoms with Gasteiger partial charge in [0.1, 0.15) is 0 Å². The predicted octanol–water partition coefficient (Wildman–Crippen LogP) is 4.30. The van der Waals surface area contributed by atoms with Gasteiger partial charge in [0.25, 0.3) is 0 Å². The number of fused-ring (bicyclic) bond motifs is 1. The fourth-order valence-corrected chi connectivity index (χ4v) is 2.33. The molecule has 3 nitrogen and oxygen atoms in total. The fourth-order valence-electron chi connectivity index (χ4n) is 2.33. The molecule has 3 aromatic rings. The minimum absolute atomic E-state index is 0.579. The molecule has 102 valence electrons. The van der Waals surface area contributed by atoms with Crippen molar-refractivity contribution >= 4 is 16.6 Å². The van der Waals surface area contributed by atoms with Crippen LogP contribution in [0.2, 0.25) is 0 Å². The standard InChI is InChI=1S/C17H19N3/c1-12(2)14-8-6-13(7-9-14)10-18-16-5-3-4-15-11-19-20-17(15)16/h3-9,11-12,18H,10H2,1-2H3,(H,19,20). The Labute approximate surface area is 119 Å². The smallest absolute Gasteiger partial charge is 0.0881 e. The van der Waals surface area contributed by atoms with Gasteiger partial charge in [0.15, 0.2) is 0 Å². The highest BCUT2D eigenvalue weighted by molar-refractivity contribution is 5.89. The number of benzene rings is 2. The molecule has 0 saturated carbocycles. The number of hydrogen-bond acceptors (Lipinski definition) is 2. The fraction of sp³-hybridized carbons (Fsp3) is 0.235. The quantitative estimate of drug-likeness (QED) is 0.738. The summed E-state index contributed by atoms with van der Waals surface area (Å²) in [5, 5.41) is 11.7.